The van der Waals surface area contributed by atoms with E-state index in [-0.39, 0.29) is 4.08 Å². The maximum atomic E-state index is 9.90. The summed E-state index contributed by atoms with van der Waals surface area (Å²) in [6, 6.07) is 5.67. The van der Waals surface area contributed by atoms with Crippen LogP contribution in [0.1, 0.15) is 18.9 Å². The van der Waals surface area contributed by atoms with Crippen LogP contribution in [0.25, 0.3) is 0 Å². The van der Waals surface area contributed by atoms with E-state index in [4.69, 9.17) is 0 Å². The second-order valence-corrected chi connectivity index (χ2v) is 7.86. The van der Waals surface area contributed by atoms with E-state index in [0.717, 1.165) is 10.0 Å². The molecule has 0 atom stereocenters. The first-order valence-electron chi connectivity index (χ1n) is 4.89. The molecule has 0 amide bonds. The largest absolute Gasteiger partial charge is 0.508 e. The highest BCUT2D eigenvalue weighted by atomic mass is 79.9. The van der Waals surface area contributed by atoms with Crippen molar-refractivity contribution >= 4 is 39.5 Å². The first-order valence-corrected chi connectivity index (χ1v) is 7.65. The van der Waals surface area contributed by atoms with Gasteiger partial charge in [0.2, 0.25) is 0 Å². The molecule has 1 saturated heterocycles. The van der Waals surface area contributed by atoms with Gasteiger partial charge in [0.15, 0.2) is 0 Å². The van der Waals surface area contributed by atoms with Crippen LogP contribution in [0.5, 0.6) is 5.75 Å². The summed E-state index contributed by atoms with van der Waals surface area (Å²) >= 11 is 7.30. The van der Waals surface area contributed by atoms with Crippen molar-refractivity contribution < 1.29 is 5.11 Å². The zero-order chi connectivity index (χ0) is 10.9. The quantitative estimate of drug-likeness (QED) is 0.840. The second kappa shape index (κ2) is 4.60. The zero-order valence-electron chi connectivity index (χ0n) is 8.50. The summed E-state index contributed by atoms with van der Waals surface area (Å²) in [5.41, 5.74) is 1.03. The van der Waals surface area contributed by atoms with E-state index >= 15 is 0 Å². The van der Waals surface area contributed by atoms with Crippen LogP contribution in [0.2, 0.25) is 0 Å². The second-order valence-electron chi connectivity index (χ2n) is 3.66. The third-order valence-electron chi connectivity index (χ3n) is 2.49. The Morgan fingerprint density at radius 1 is 1.33 bits per heavy atom. The molecule has 0 radical (unpaired) electrons. The van der Waals surface area contributed by atoms with Gasteiger partial charge in [0.05, 0.1) is 4.08 Å². The van der Waals surface area contributed by atoms with Crippen molar-refractivity contribution in [1.29, 1.82) is 0 Å². The van der Waals surface area contributed by atoms with Gasteiger partial charge in [-0.1, -0.05) is 15.9 Å². The van der Waals surface area contributed by atoms with Crippen LogP contribution in [0.3, 0.4) is 0 Å². The predicted octanol–water partition coefficient (Wildman–Crippen LogP) is 4.20. The first kappa shape index (κ1) is 11.7. The molecule has 1 aromatic carbocycles. The lowest BCUT2D eigenvalue weighted by atomic mass is 10.1. The van der Waals surface area contributed by atoms with Crippen LogP contribution in [-0.4, -0.2) is 16.6 Å². The van der Waals surface area contributed by atoms with Crippen LogP contribution in [0.4, 0.5) is 0 Å². The topological polar surface area (TPSA) is 20.2 Å². The van der Waals surface area contributed by atoms with Gasteiger partial charge in [0.1, 0.15) is 5.75 Å². The summed E-state index contributed by atoms with van der Waals surface area (Å²) in [7, 11) is 0. The molecule has 0 unspecified atom stereocenters. The fourth-order valence-corrected chi connectivity index (χ4v) is 5.03. The van der Waals surface area contributed by atoms with Crippen molar-refractivity contribution in [3.8, 4) is 5.75 Å². The fourth-order valence-electron chi connectivity index (χ4n) is 1.66. The SMILES string of the molecule is CC1(c2cc(Br)ccc2O)SCCCS1. The van der Waals surface area contributed by atoms with E-state index in [1.54, 1.807) is 6.07 Å². The van der Waals surface area contributed by atoms with E-state index < -0.39 is 0 Å². The number of thioether (sulfide) groups is 2. The minimum absolute atomic E-state index is 0.00606. The van der Waals surface area contributed by atoms with Crippen molar-refractivity contribution in [2.75, 3.05) is 11.5 Å². The van der Waals surface area contributed by atoms with Crippen molar-refractivity contribution in [1.82, 2.24) is 0 Å². The summed E-state index contributed by atoms with van der Waals surface area (Å²) in [6.45, 7) is 2.20. The summed E-state index contributed by atoms with van der Waals surface area (Å²) in [6.07, 6.45) is 1.26. The molecule has 1 aliphatic rings. The van der Waals surface area contributed by atoms with Crippen LogP contribution in [0.15, 0.2) is 22.7 Å². The Labute approximate surface area is 107 Å². The highest BCUT2D eigenvalue weighted by Crippen LogP contribution is 2.52. The molecular weight excluding hydrogens is 292 g/mol. The lowest BCUT2D eigenvalue weighted by molar-refractivity contribution is 0.467. The number of phenolic OH excluding ortho intramolecular Hbond substituents is 1. The van der Waals surface area contributed by atoms with E-state index in [0.29, 0.717) is 5.75 Å². The third-order valence-corrected chi connectivity index (χ3v) is 6.22. The number of rotatable bonds is 1. The van der Waals surface area contributed by atoms with E-state index in [9.17, 15) is 5.11 Å². The molecule has 2 rings (SSSR count). The van der Waals surface area contributed by atoms with Crippen molar-refractivity contribution in [2.24, 2.45) is 0 Å². The highest BCUT2D eigenvalue weighted by molar-refractivity contribution is 9.10. The molecular formula is C11H13BrOS2. The van der Waals surface area contributed by atoms with Crippen LogP contribution in [-0.2, 0) is 4.08 Å². The number of benzene rings is 1. The van der Waals surface area contributed by atoms with Gasteiger partial charge in [-0.25, -0.2) is 0 Å². The van der Waals surface area contributed by atoms with Crippen LogP contribution >= 0.6 is 39.5 Å². The summed E-state index contributed by atoms with van der Waals surface area (Å²) in [5, 5.41) is 9.90. The molecule has 1 aliphatic heterocycles. The summed E-state index contributed by atoms with van der Waals surface area (Å²) < 4.78 is 1.04. The maximum absolute atomic E-state index is 9.90. The van der Waals surface area contributed by atoms with Crippen LogP contribution in [0, 0.1) is 0 Å². The molecule has 1 nitrogen and oxygen atoms in total. The Hall–Kier alpha value is 0.200. The van der Waals surface area contributed by atoms with Crippen molar-refractivity contribution in [3.05, 3.63) is 28.2 Å². The fraction of sp³-hybridized carbons (Fsp3) is 0.455. The standard InChI is InChI=1S/C11H13BrOS2/c1-11(14-5-2-6-15-11)9-7-8(12)3-4-10(9)13/h3-4,7,13H,2,5-6H2,1H3. The Kier molecular flexibility index (Phi) is 3.58. The Bertz CT molecular complexity index is 362. The molecule has 0 aliphatic carbocycles. The molecule has 1 heterocycles. The van der Waals surface area contributed by atoms with Gasteiger partial charge in [-0.15, -0.1) is 23.5 Å². The van der Waals surface area contributed by atoms with Crippen molar-refractivity contribution in [3.63, 3.8) is 0 Å². The molecule has 4 heteroatoms. The normalized spacial score (nSPS) is 20.1. The molecule has 1 N–H and O–H groups in total. The molecule has 1 fully saturated rings. The lowest BCUT2D eigenvalue weighted by Gasteiger charge is -2.33. The van der Waals surface area contributed by atoms with Crippen molar-refractivity contribution in [2.45, 2.75) is 17.4 Å². The summed E-state index contributed by atoms with van der Waals surface area (Å²) in [4.78, 5) is 0. The maximum Gasteiger partial charge on any atom is 0.121 e. The molecule has 1 aromatic rings. The molecule has 15 heavy (non-hydrogen) atoms. The van der Waals surface area contributed by atoms with Gasteiger partial charge in [-0.3, -0.25) is 0 Å². The zero-order valence-corrected chi connectivity index (χ0v) is 11.7. The molecule has 0 aromatic heterocycles. The average molecular weight is 305 g/mol. The van der Waals surface area contributed by atoms with Gasteiger partial charge in [0, 0.05) is 10.0 Å². The molecule has 82 valence electrons. The average Bonchev–Trinajstić information content (AvgIpc) is 2.23. The minimum atomic E-state index is 0.00606. The number of halogens is 1. The molecule has 0 saturated carbocycles. The number of hydrogen-bond donors (Lipinski definition) is 1. The predicted molar refractivity (Wildman–Crippen MR) is 72.7 cm³/mol. The Balaban J connectivity index is 2.38. The molecule has 0 spiro atoms. The highest BCUT2D eigenvalue weighted by Gasteiger charge is 2.32. The van der Waals surface area contributed by atoms with Gasteiger partial charge in [0.25, 0.3) is 0 Å². The van der Waals surface area contributed by atoms with E-state index in [2.05, 4.69) is 22.9 Å². The lowest BCUT2D eigenvalue weighted by Crippen LogP contribution is -2.18. The molecule has 0 bridgehead atoms. The number of aromatic hydroxyl groups is 1. The van der Waals surface area contributed by atoms with Crippen LogP contribution < -0.4 is 0 Å². The van der Waals surface area contributed by atoms with Gasteiger partial charge >= 0.3 is 0 Å². The third kappa shape index (κ3) is 2.48. The first-order chi connectivity index (χ1) is 7.12. The Morgan fingerprint density at radius 2 is 2.00 bits per heavy atom. The smallest absolute Gasteiger partial charge is 0.121 e. The van der Waals surface area contributed by atoms with Gasteiger partial charge < -0.3 is 5.11 Å². The van der Waals surface area contributed by atoms with E-state index in [1.807, 2.05) is 35.7 Å². The summed E-state index contributed by atoms with van der Waals surface area (Å²) in [5.74, 6) is 2.76. The Morgan fingerprint density at radius 3 is 2.67 bits per heavy atom. The number of phenols is 1. The van der Waals surface area contributed by atoms with Gasteiger partial charge in [-0.2, -0.15) is 0 Å². The minimum Gasteiger partial charge on any atom is -0.508 e. The van der Waals surface area contributed by atoms with Gasteiger partial charge in [-0.05, 0) is 43.0 Å². The monoisotopic (exact) mass is 304 g/mol. The van der Waals surface area contributed by atoms with E-state index in [1.165, 1.54) is 17.9 Å². The number of hydrogen-bond acceptors (Lipinski definition) is 3.